The molecule has 0 bridgehead atoms. The van der Waals surface area contributed by atoms with Gasteiger partial charge < -0.3 is 5.32 Å². The number of sulfonamides is 1. The summed E-state index contributed by atoms with van der Waals surface area (Å²) in [5, 5.41) is 10.5. The average Bonchev–Trinajstić information content (AvgIpc) is 3.58. The Morgan fingerprint density at radius 1 is 1.26 bits per heavy atom. The minimum atomic E-state index is -5.00. The first-order valence-corrected chi connectivity index (χ1v) is 11.6. The van der Waals surface area contributed by atoms with E-state index < -0.39 is 68.4 Å². The van der Waals surface area contributed by atoms with Gasteiger partial charge in [-0.1, -0.05) is 6.92 Å². The molecular weight excluding hydrogens is 492 g/mol. The lowest BCUT2D eigenvalue weighted by molar-refractivity contribution is -0.156. The minimum absolute atomic E-state index is 0.219. The molecule has 34 heavy (non-hydrogen) atoms. The Morgan fingerprint density at radius 3 is 2.41 bits per heavy atom. The Kier molecular flexibility index (Phi) is 5.51. The molecule has 0 aromatic carbocycles. The molecule has 2 aromatic rings. The van der Waals surface area contributed by atoms with Gasteiger partial charge in [-0.2, -0.15) is 31.4 Å². The molecule has 2 saturated carbocycles. The van der Waals surface area contributed by atoms with Gasteiger partial charge in [-0.15, -0.1) is 0 Å². The molecule has 2 heterocycles. The van der Waals surface area contributed by atoms with Crippen LogP contribution in [0.1, 0.15) is 53.8 Å². The highest BCUT2D eigenvalue weighted by molar-refractivity contribution is 7.89. The summed E-state index contributed by atoms with van der Waals surface area (Å²) in [6, 6.07) is 1.98. The first kappa shape index (κ1) is 24.4. The second kappa shape index (κ2) is 7.66. The van der Waals surface area contributed by atoms with Crippen LogP contribution in [-0.2, 0) is 22.7 Å². The largest absolute Gasteiger partial charge is 0.420 e. The molecule has 1 amide bonds. The van der Waals surface area contributed by atoms with Gasteiger partial charge in [0.1, 0.15) is 11.3 Å². The number of halogens is 6. The maximum Gasteiger partial charge on any atom is 0.420 e. The van der Waals surface area contributed by atoms with E-state index in [1.807, 2.05) is 0 Å². The number of carbonyl (C=O) groups excluding carboxylic acids is 1. The SMILES string of the molecule is CC1(Cn2nc(C3CC3)c(C(F)(F)F)c2C(=O)Nc2ccnc(S(N)(=O)=O)c2)CC1C(F)(F)F. The van der Waals surface area contributed by atoms with E-state index in [0.717, 1.165) is 18.3 Å². The van der Waals surface area contributed by atoms with E-state index in [1.165, 1.54) is 6.92 Å². The van der Waals surface area contributed by atoms with E-state index >= 15 is 0 Å². The number of nitrogens with two attached hydrogens (primary N) is 1. The predicted molar refractivity (Wildman–Crippen MR) is 105 cm³/mol. The molecule has 0 aliphatic heterocycles. The average molecular weight is 511 g/mol. The fraction of sp³-hybridized carbons (Fsp3) is 0.526. The third-order valence-electron chi connectivity index (χ3n) is 5.98. The van der Waals surface area contributed by atoms with Crippen LogP contribution in [0.2, 0.25) is 0 Å². The molecule has 2 aromatic heterocycles. The smallest absolute Gasteiger partial charge is 0.320 e. The maximum absolute atomic E-state index is 14.0. The number of amides is 1. The number of primary sulfonamides is 1. The topological polar surface area (TPSA) is 120 Å². The van der Waals surface area contributed by atoms with Crippen LogP contribution in [0.3, 0.4) is 0 Å². The first-order valence-electron chi connectivity index (χ1n) is 10.1. The number of hydrogen-bond acceptors (Lipinski definition) is 5. The molecule has 2 fully saturated rings. The van der Waals surface area contributed by atoms with Crippen molar-refractivity contribution < 1.29 is 39.6 Å². The lowest BCUT2D eigenvalue weighted by Gasteiger charge is -2.17. The fourth-order valence-corrected chi connectivity index (χ4v) is 4.51. The Hall–Kier alpha value is -2.68. The van der Waals surface area contributed by atoms with E-state index in [-0.39, 0.29) is 17.8 Å². The van der Waals surface area contributed by atoms with Crippen molar-refractivity contribution >= 4 is 21.6 Å². The molecule has 0 spiro atoms. The predicted octanol–water partition coefficient (Wildman–Crippen LogP) is 3.66. The molecule has 2 unspecified atom stereocenters. The summed E-state index contributed by atoms with van der Waals surface area (Å²) in [6.45, 7) is 0.730. The lowest BCUT2D eigenvalue weighted by Crippen LogP contribution is -2.26. The second-order valence-electron chi connectivity index (χ2n) is 8.87. The van der Waals surface area contributed by atoms with Crippen molar-refractivity contribution in [2.45, 2.75) is 56.0 Å². The van der Waals surface area contributed by atoms with Gasteiger partial charge in [0.2, 0.25) is 0 Å². The molecule has 0 radical (unpaired) electrons. The molecule has 4 rings (SSSR count). The molecule has 15 heteroatoms. The van der Waals surface area contributed by atoms with E-state index in [9.17, 15) is 39.6 Å². The molecule has 0 saturated heterocycles. The van der Waals surface area contributed by atoms with Crippen LogP contribution >= 0.6 is 0 Å². The summed E-state index contributed by atoms with van der Waals surface area (Å²) in [7, 11) is -4.27. The highest BCUT2D eigenvalue weighted by Gasteiger charge is 2.64. The molecular formula is C19H19F6N5O3S. The van der Waals surface area contributed by atoms with E-state index in [4.69, 9.17) is 5.14 Å². The Morgan fingerprint density at radius 2 is 1.91 bits per heavy atom. The van der Waals surface area contributed by atoms with Crippen LogP contribution in [-0.4, -0.2) is 35.3 Å². The van der Waals surface area contributed by atoms with Crippen molar-refractivity contribution in [3.05, 3.63) is 35.3 Å². The zero-order valence-electron chi connectivity index (χ0n) is 17.5. The highest BCUT2D eigenvalue weighted by Crippen LogP contribution is 2.61. The zero-order chi connectivity index (χ0) is 25.3. The van der Waals surface area contributed by atoms with Crippen LogP contribution in [0.25, 0.3) is 0 Å². The van der Waals surface area contributed by atoms with E-state index in [2.05, 4.69) is 15.4 Å². The number of alkyl halides is 6. The van der Waals surface area contributed by atoms with E-state index in [0.29, 0.717) is 17.5 Å². The number of rotatable bonds is 6. The molecule has 2 aliphatic carbocycles. The number of anilines is 1. The summed E-state index contributed by atoms with van der Waals surface area (Å²) in [6.07, 6.45) is -8.04. The normalized spacial score (nSPS) is 23.1. The third-order valence-corrected chi connectivity index (χ3v) is 6.79. The summed E-state index contributed by atoms with van der Waals surface area (Å²) in [4.78, 5) is 16.5. The zero-order valence-corrected chi connectivity index (χ0v) is 18.4. The summed E-state index contributed by atoms with van der Waals surface area (Å²) < 4.78 is 105. The molecule has 8 nitrogen and oxygen atoms in total. The lowest BCUT2D eigenvalue weighted by atomic mass is 10.1. The Bertz CT molecular complexity index is 1250. The maximum atomic E-state index is 14.0. The Balaban J connectivity index is 1.75. The van der Waals surface area contributed by atoms with Gasteiger partial charge in [0, 0.05) is 30.4 Å². The van der Waals surface area contributed by atoms with Crippen LogP contribution in [0, 0.1) is 11.3 Å². The fourth-order valence-electron chi connectivity index (χ4n) is 4.02. The Labute approximate surface area is 189 Å². The van der Waals surface area contributed by atoms with Crippen molar-refractivity contribution in [3.63, 3.8) is 0 Å². The van der Waals surface area contributed by atoms with Gasteiger partial charge in [-0.05, 0) is 30.7 Å². The molecule has 186 valence electrons. The van der Waals surface area contributed by atoms with Gasteiger partial charge >= 0.3 is 12.4 Å². The van der Waals surface area contributed by atoms with Crippen LogP contribution in [0.5, 0.6) is 0 Å². The van der Waals surface area contributed by atoms with Gasteiger partial charge in [0.05, 0.1) is 11.6 Å². The van der Waals surface area contributed by atoms with Crippen molar-refractivity contribution in [1.82, 2.24) is 14.8 Å². The number of hydrogen-bond donors (Lipinski definition) is 2. The van der Waals surface area contributed by atoms with Crippen LogP contribution < -0.4 is 10.5 Å². The minimum Gasteiger partial charge on any atom is -0.320 e. The number of carbonyl (C=O) groups is 1. The number of pyridine rings is 1. The van der Waals surface area contributed by atoms with Gasteiger partial charge in [-0.25, -0.2) is 18.5 Å². The van der Waals surface area contributed by atoms with Crippen molar-refractivity contribution in [3.8, 4) is 0 Å². The summed E-state index contributed by atoms with van der Waals surface area (Å²) in [5.74, 6) is -3.58. The quantitative estimate of drug-likeness (QED) is 0.574. The first-order chi connectivity index (χ1) is 15.5. The van der Waals surface area contributed by atoms with Crippen molar-refractivity contribution in [2.24, 2.45) is 16.5 Å². The number of nitrogens with one attached hydrogen (secondary N) is 1. The third kappa shape index (κ3) is 4.76. The molecule has 2 aliphatic rings. The monoisotopic (exact) mass is 511 g/mol. The number of nitrogens with zero attached hydrogens (tertiary/aromatic N) is 3. The molecule has 3 N–H and O–H groups in total. The summed E-state index contributed by atoms with van der Waals surface area (Å²) in [5.41, 5.74) is -4.26. The number of aromatic nitrogens is 3. The van der Waals surface area contributed by atoms with E-state index in [1.54, 1.807) is 0 Å². The van der Waals surface area contributed by atoms with Gasteiger partial charge in [0.25, 0.3) is 15.9 Å². The second-order valence-corrected chi connectivity index (χ2v) is 10.4. The van der Waals surface area contributed by atoms with Gasteiger partial charge in [-0.3, -0.25) is 9.48 Å². The van der Waals surface area contributed by atoms with Crippen molar-refractivity contribution in [2.75, 3.05) is 5.32 Å². The standard InChI is InChI=1S/C19H19F6N5O3S/c1-17(7-11(17)18(20,21)22)8-30-15(13(19(23,24)25)14(29-30)9-2-3-9)16(31)28-10-4-5-27-12(6-10)34(26,32)33/h4-6,9,11H,2-3,7-8H2,1H3,(H2,26,32,33)(H,27,28,31). The highest BCUT2D eigenvalue weighted by atomic mass is 32.2. The van der Waals surface area contributed by atoms with Crippen molar-refractivity contribution in [1.29, 1.82) is 0 Å². The van der Waals surface area contributed by atoms with Crippen LogP contribution in [0.15, 0.2) is 23.4 Å². The molecule has 2 atom stereocenters. The summed E-state index contributed by atoms with van der Waals surface area (Å²) >= 11 is 0. The van der Waals surface area contributed by atoms with Gasteiger partial charge in [0.15, 0.2) is 5.03 Å². The van der Waals surface area contributed by atoms with Crippen LogP contribution in [0.4, 0.5) is 32.0 Å².